The number of nitrogens with one attached hydrogen (secondary N) is 1. The first kappa shape index (κ1) is 13.4. The van der Waals surface area contributed by atoms with Crippen LogP contribution in [0.5, 0.6) is 0 Å². The Morgan fingerprint density at radius 3 is 3.00 bits per heavy atom. The third kappa shape index (κ3) is 2.51. The summed E-state index contributed by atoms with van der Waals surface area (Å²) in [6.07, 6.45) is 3.34. The molecule has 1 aromatic carbocycles. The van der Waals surface area contributed by atoms with Crippen LogP contribution in [0, 0.1) is 10.1 Å². The molecule has 6 heteroatoms. The lowest BCUT2D eigenvalue weighted by atomic mass is 9.94. The highest BCUT2D eigenvalue weighted by atomic mass is 35.5. The fraction of sp³-hybridized carbons (Fsp3) is 0.286. The number of halogens is 1. The van der Waals surface area contributed by atoms with Gasteiger partial charge in [0.05, 0.1) is 21.7 Å². The van der Waals surface area contributed by atoms with Gasteiger partial charge in [-0.2, -0.15) is 0 Å². The van der Waals surface area contributed by atoms with Crippen LogP contribution in [0.4, 0.5) is 11.4 Å². The quantitative estimate of drug-likeness (QED) is 0.654. The van der Waals surface area contributed by atoms with Gasteiger partial charge in [0.25, 0.3) is 5.69 Å². The van der Waals surface area contributed by atoms with Gasteiger partial charge in [0.1, 0.15) is 0 Å². The number of non-ortho nitro benzene ring substituents is 1. The summed E-state index contributed by atoms with van der Waals surface area (Å²) in [7, 11) is 0. The molecule has 1 N–H and O–H groups in total. The Morgan fingerprint density at radius 2 is 2.25 bits per heavy atom. The normalized spacial score (nSPS) is 17.6. The van der Waals surface area contributed by atoms with Crippen LogP contribution in [0.25, 0.3) is 0 Å². The standard InChI is InChI=1S/C14H13ClN2O2S/c15-11-8-9(17(18)19)4-5-13(11)16-12-2-1-3-14-10(12)6-7-20-14/h4-8,12,16H,1-3H2. The molecule has 0 spiro atoms. The topological polar surface area (TPSA) is 55.2 Å². The molecule has 0 radical (unpaired) electrons. The second kappa shape index (κ2) is 5.42. The average Bonchev–Trinajstić information content (AvgIpc) is 2.90. The molecular formula is C14H13ClN2O2S. The van der Waals surface area contributed by atoms with Crippen molar-refractivity contribution in [3.8, 4) is 0 Å². The van der Waals surface area contributed by atoms with Crippen molar-refractivity contribution in [1.82, 2.24) is 0 Å². The zero-order valence-corrected chi connectivity index (χ0v) is 12.2. The third-order valence-electron chi connectivity index (χ3n) is 3.55. The number of thiophene rings is 1. The fourth-order valence-electron chi connectivity index (χ4n) is 2.56. The first-order valence-corrected chi connectivity index (χ1v) is 7.67. The lowest BCUT2D eigenvalue weighted by molar-refractivity contribution is -0.384. The summed E-state index contributed by atoms with van der Waals surface area (Å²) in [4.78, 5) is 11.7. The zero-order chi connectivity index (χ0) is 14.1. The van der Waals surface area contributed by atoms with E-state index in [1.165, 1.54) is 22.6 Å². The molecule has 20 heavy (non-hydrogen) atoms. The van der Waals surface area contributed by atoms with Crippen molar-refractivity contribution in [3.05, 3.63) is 55.2 Å². The molecule has 1 aliphatic carbocycles. The van der Waals surface area contributed by atoms with Crippen molar-refractivity contribution in [2.24, 2.45) is 0 Å². The van der Waals surface area contributed by atoms with E-state index >= 15 is 0 Å². The van der Waals surface area contributed by atoms with E-state index in [0.29, 0.717) is 5.02 Å². The Bertz CT molecular complexity index is 656. The van der Waals surface area contributed by atoms with Crippen molar-refractivity contribution in [1.29, 1.82) is 0 Å². The van der Waals surface area contributed by atoms with Crippen LogP contribution in [0.1, 0.15) is 29.3 Å². The molecule has 0 saturated heterocycles. The number of fused-ring (bicyclic) bond motifs is 1. The van der Waals surface area contributed by atoms with E-state index in [2.05, 4.69) is 16.8 Å². The summed E-state index contributed by atoms with van der Waals surface area (Å²) in [6.45, 7) is 0. The van der Waals surface area contributed by atoms with Gasteiger partial charge in [-0.05, 0) is 42.3 Å². The van der Waals surface area contributed by atoms with Gasteiger partial charge in [0.2, 0.25) is 0 Å². The van der Waals surface area contributed by atoms with Crippen LogP contribution < -0.4 is 5.32 Å². The summed E-state index contributed by atoms with van der Waals surface area (Å²) < 4.78 is 0. The number of aryl methyl sites for hydroxylation is 1. The Balaban J connectivity index is 1.84. The van der Waals surface area contributed by atoms with Gasteiger partial charge in [0.15, 0.2) is 0 Å². The summed E-state index contributed by atoms with van der Waals surface area (Å²) >= 11 is 7.92. The smallest absolute Gasteiger partial charge is 0.271 e. The number of nitro groups is 1. The molecule has 0 fully saturated rings. The number of benzene rings is 1. The second-order valence-corrected chi connectivity index (χ2v) is 6.22. The van der Waals surface area contributed by atoms with E-state index in [1.54, 1.807) is 17.4 Å². The number of rotatable bonds is 3. The summed E-state index contributed by atoms with van der Waals surface area (Å²) in [5.41, 5.74) is 2.09. The Kier molecular flexibility index (Phi) is 3.63. The maximum absolute atomic E-state index is 10.7. The van der Waals surface area contributed by atoms with Crippen LogP contribution in [0.2, 0.25) is 5.02 Å². The van der Waals surface area contributed by atoms with Crippen LogP contribution in [0.15, 0.2) is 29.6 Å². The number of hydrogen-bond donors (Lipinski definition) is 1. The Labute approximate surface area is 125 Å². The predicted molar refractivity (Wildman–Crippen MR) is 81.7 cm³/mol. The average molecular weight is 309 g/mol. The Hall–Kier alpha value is -1.59. The first-order valence-electron chi connectivity index (χ1n) is 6.42. The van der Waals surface area contributed by atoms with Gasteiger partial charge < -0.3 is 5.32 Å². The number of anilines is 1. The number of nitro benzene ring substituents is 1. The predicted octanol–water partition coefficient (Wildman–Crippen LogP) is 4.80. The van der Waals surface area contributed by atoms with Gasteiger partial charge in [-0.3, -0.25) is 10.1 Å². The van der Waals surface area contributed by atoms with E-state index < -0.39 is 4.92 Å². The van der Waals surface area contributed by atoms with Gasteiger partial charge in [-0.15, -0.1) is 11.3 Å². The minimum Gasteiger partial charge on any atom is -0.377 e. The minimum absolute atomic E-state index is 0.0143. The highest BCUT2D eigenvalue weighted by Gasteiger charge is 2.22. The van der Waals surface area contributed by atoms with Crippen molar-refractivity contribution in [3.63, 3.8) is 0 Å². The van der Waals surface area contributed by atoms with Gasteiger partial charge in [-0.1, -0.05) is 11.6 Å². The lowest BCUT2D eigenvalue weighted by Crippen LogP contribution is -2.15. The molecule has 0 aliphatic heterocycles. The largest absolute Gasteiger partial charge is 0.377 e. The molecule has 1 unspecified atom stereocenters. The molecule has 1 heterocycles. The van der Waals surface area contributed by atoms with E-state index in [4.69, 9.17) is 11.6 Å². The molecule has 4 nitrogen and oxygen atoms in total. The number of nitrogens with zero attached hydrogens (tertiary/aromatic N) is 1. The molecule has 1 aromatic heterocycles. The monoisotopic (exact) mass is 308 g/mol. The second-order valence-electron chi connectivity index (χ2n) is 4.81. The maximum Gasteiger partial charge on any atom is 0.271 e. The van der Waals surface area contributed by atoms with Crippen LogP contribution >= 0.6 is 22.9 Å². The minimum atomic E-state index is -0.437. The van der Waals surface area contributed by atoms with Gasteiger partial charge in [-0.25, -0.2) is 0 Å². The third-order valence-corrected chi connectivity index (χ3v) is 4.85. The van der Waals surface area contributed by atoms with E-state index in [0.717, 1.165) is 24.9 Å². The maximum atomic E-state index is 10.7. The number of hydrogen-bond acceptors (Lipinski definition) is 4. The van der Waals surface area contributed by atoms with E-state index in [1.807, 2.05) is 0 Å². The Morgan fingerprint density at radius 1 is 1.40 bits per heavy atom. The van der Waals surface area contributed by atoms with Crippen molar-refractivity contribution in [2.45, 2.75) is 25.3 Å². The summed E-state index contributed by atoms with van der Waals surface area (Å²) in [6, 6.07) is 6.94. The first-order chi connectivity index (χ1) is 9.65. The SMILES string of the molecule is O=[N+]([O-])c1ccc(NC2CCCc3sccc32)c(Cl)c1. The van der Waals surface area contributed by atoms with Crippen molar-refractivity contribution < 1.29 is 4.92 Å². The molecule has 2 aromatic rings. The van der Waals surface area contributed by atoms with Gasteiger partial charge in [0, 0.05) is 17.0 Å². The van der Waals surface area contributed by atoms with Crippen LogP contribution in [0.3, 0.4) is 0 Å². The highest BCUT2D eigenvalue weighted by molar-refractivity contribution is 7.10. The molecule has 1 atom stereocenters. The van der Waals surface area contributed by atoms with Crippen molar-refractivity contribution >= 4 is 34.3 Å². The summed E-state index contributed by atoms with van der Waals surface area (Å²) in [5, 5.41) is 16.6. The fourth-order valence-corrected chi connectivity index (χ4v) is 3.78. The van der Waals surface area contributed by atoms with E-state index in [9.17, 15) is 10.1 Å². The molecule has 3 rings (SSSR count). The van der Waals surface area contributed by atoms with Crippen molar-refractivity contribution in [2.75, 3.05) is 5.32 Å². The van der Waals surface area contributed by atoms with Crippen LogP contribution in [-0.4, -0.2) is 4.92 Å². The molecule has 0 saturated carbocycles. The van der Waals surface area contributed by atoms with Gasteiger partial charge >= 0.3 is 0 Å². The summed E-state index contributed by atoms with van der Waals surface area (Å²) in [5.74, 6) is 0. The highest BCUT2D eigenvalue weighted by Crippen LogP contribution is 2.37. The molecule has 1 aliphatic rings. The molecule has 0 bridgehead atoms. The molecular weight excluding hydrogens is 296 g/mol. The van der Waals surface area contributed by atoms with Crippen LogP contribution in [-0.2, 0) is 6.42 Å². The lowest BCUT2D eigenvalue weighted by Gasteiger charge is -2.25. The van der Waals surface area contributed by atoms with E-state index in [-0.39, 0.29) is 11.7 Å². The zero-order valence-electron chi connectivity index (χ0n) is 10.6. The molecule has 104 valence electrons. The molecule has 0 amide bonds.